The Kier molecular flexibility index (Phi) is 4.91. The van der Waals surface area contributed by atoms with Crippen LogP contribution in [0, 0.1) is 40.4 Å². The van der Waals surface area contributed by atoms with Gasteiger partial charge in [-0.1, -0.05) is 27.7 Å². The number of fused-ring (bicyclic) bond motifs is 5. The van der Waals surface area contributed by atoms with Crippen molar-refractivity contribution >= 4 is 5.97 Å². The summed E-state index contributed by atoms with van der Waals surface area (Å²) < 4.78 is 5.95. The van der Waals surface area contributed by atoms with E-state index < -0.39 is 0 Å². The van der Waals surface area contributed by atoms with Crippen LogP contribution < -0.4 is 0 Å². The molecular weight excluding hydrogens is 340 g/mol. The predicted molar refractivity (Wildman–Crippen MR) is 104 cm³/mol. The van der Waals surface area contributed by atoms with Gasteiger partial charge in [0.2, 0.25) is 0 Å². The molecular formula is C23H38O4. The normalized spacial score (nSPS) is 52.0. The molecule has 9 atom stereocenters. The largest absolute Gasteiger partial charge is 0.462 e. The van der Waals surface area contributed by atoms with E-state index in [9.17, 15) is 15.0 Å². The van der Waals surface area contributed by atoms with Gasteiger partial charge in [-0.05, 0) is 80.5 Å². The summed E-state index contributed by atoms with van der Waals surface area (Å²) in [6.07, 6.45) is 7.43. The molecule has 0 spiro atoms. The fraction of sp³-hybridized carbons (Fsp3) is 0.957. The van der Waals surface area contributed by atoms with E-state index in [4.69, 9.17) is 4.74 Å². The molecule has 0 amide bonds. The molecule has 27 heavy (non-hydrogen) atoms. The summed E-state index contributed by atoms with van der Waals surface area (Å²) in [6.45, 7) is 8.54. The second kappa shape index (κ2) is 6.73. The molecule has 4 rings (SSSR count). The fourth-order valence-electron chi connectivity index (χ4n) is 7.62. The van der Waals surface area contributed by atoms with Crippen molar-refractivity contribution in [1.82, 2.24) is 0 Å². The Hall–Kier alpha value is -0.610. The van der Waals surface area contributed by atoms with E-state index in [1.807, 2.05) is 13.8 Å². The topological polar surface area (TPSA) is 66.8 Å². The lowest BCUT2D eigenvalue weighted by molar-refractivity contribution is -0.186. The van der Waals surface area contributed by atoms with Crippen LogP contribution >= 0.6 is 0 Å². The molecule has 0 aliphatic heterocycles. The number of aliphatic hydroxyl groups excluding tert-OH is 2. The third-order valence-electron chi connectivity index (χ3n) is 9.30. The van der Waals surface area contributed by atoms with Gasteiger partial charge in [-0.25, -0.2) is 0 Å². The second-order valence-corrected chi connectivity index (χ2v) is 10.9. The number of hydrogen-bond donors (Lipinski definition) is 2. The zero-order valence-corrected chi connectivity index (χ0v) is 17.5. The first-order valence-electron chi connectivity index (χ1n) is 11.2. The van der Waals surface area contributed by atoms with Crippen molar-refractivity contribution in [3.63, 3.8) is 0 Å². The monoisotopic (exact) mass is 378 g/mol. The van der Waals surface area contributed by atoms with E-state index in [-0.39, 0.29) is 41.0 Å². The lowest BCUT2D eigenvalue weighted by Gasteiger charge is -2.62. The number of esters is 1. The highest BCUT2D eigenvalue weighted by Gasteiger charge is 2.63. The van der Waals surface area contributed by atoms with Crippen LogP contribution in [0.3, 0.4) is 0 Å². The molecule has 0 radical (unpaired) electrons. The Morgan fingerprint density at radius 3 is 2.33 bits per heavy atom. The zero-order valence-electron chi connectivity index (χ0n) is 17.5. The highest BCUT2D eigenvalue weighted by molar-refractivity contribution is 5.71. The van der Waals surface area contributed by atoms with Crippen molar-refractivity contribution in [3.05, 3.63) is 0 Å². The Balaban J connectivity index is 1.58. The van der Waals surface area contributed by atoms with Crippen molar-refractivity contribution in [2.75, 3.05) is 0 Å². The van der Waals surface area contributed by atoms with Crippen molar-refractivity contribution in [1.29, 1.82) is 0 Å². The van der Waals surface area contributed by atoms with Gasteiger partial charge in [-0.15, -0.1) is 0 Å². The highest BCUT2D eigenvalue weighted by atomic mass is 16.5. The SMILES string of the molecule is CC(C)C(=O)O[C@H]1CC[C@H]2[C@@H]3[C@H](O)C[C@H]4C[C@@H](O)CC[C@]4(C)[C@H]3CC[C@]12C. The minimum atomic E-state index is -0.275. The van der Waals surface area contributed by atoms with Gasteiger partial charge >= 0.3 is 5.97 Å². The molecule has 2 N–H and O–H groups in total. The summed E-state index contributed by atoms with van der Waals surface area (Å²) in [7, 11) is 0. The maximum Gasteiger partial charge on any atom is 0.308 e. The van der Waals surface area contributed by atoms with E-state index in [1.54, 1.807) is 0 Å². The summed E-state index contributed by atoms with van der Waals surface area (Å²) in [5.41, 5.74) is 0.251. The minimum Gasteiger partial charge on any atom is -0.462 e. The molecule has 0 aromatic rings. The summed E-state index contributed by atoms with van der Waals surface area (Å²) in [4.78, 5) is 12.2. The minimum absolute atomic E-state index is 0.00394. The van der Waals surface area contributed by atoms with Gasteiger partial charge in [0.15, 0.2) is 0 Å². The van der Waals surface area contributed by atoms with Gasteiger partial charge in [0, 0.05) is 5.41 Å². The van der Waals surface area contributed by atoms with E-state index in [0.717, 1.165) is 51.4 Å². The van der Waals surface area contributed by atoms with Gasteiger partial charge in [0.25, 0.3) is 0 Å². The molecule has 4 nitrogen and oxygen atoms in total. The van der Waals surface area contributed by atoms with Crippen LogP contribution in [0.1, 0.15) is 79.1 Å². The lowest BCUT2D eigenvalue weighted by atomic mass is 9.44. The number of rotatable bonds is 2. The second-order valence-electron chi connectivity index (χ2n) is 10.9. The van der Waals surface area contributed by atoms with E-state index in [2.05, 4.69) is 13.8 Å². The molecule has 4 heteroatoms. The summed E-state index contributed by atoms with van der Waals surface area (Å²) >= 11 is 0. The van der Waals surface area contributed by atoms with E-state index in [1.165, 1.54) is 0 Å². The first kappa shape index (κ1) is 19.7. The number of hydrogen-bond acceptors (Lipinski definition) is 4. The molecule has 4 fully saturated rings. The molecule has 154 valence electrons. The molecule has 0 aromatic carbocycles. The maximum absolute atomic E-state index is 12.2. The van der Waals surface area contributed by atoms with Crippen molar-refractivity contribution in [3.8, 4) is 0 Å². The van der Waals surface area contributed by atoms with Gasteiger partial charge in [0.05, 0.1) is 18.1 Å². The van der Waals surface area contributed by atoms with Crippen LogP contribution in [-0.4, -0.2) is 34.5 Å². The van der Waals surface area contributed by atoms with Gasteiger partial charge in [0.1, 0.15) is 6.10 Å². The van der Waals surface area contributed by atoms with E-state index >= 15 is 0 Å². The van der Waals surface area contributed by atoms with Gasteiger partial charge < -0.3 is 14.9 Å². The number of carbonyl (C=O) groups is 1. The van der Waals surface area contributed by atoms with Crippen LogP contribution in [0.4, 0.5) is 0 Å². The maximum atomic E-state index is 12.2. The van der Waals surface area contributed by atoms with Crippen molar-refractivity contribution in [2.24, 2.45) is 40.4 Å². The Labute approximate surface area is 164 Å². The number of ether oxygens (including phenoxy) is 1. The van der Waals surface area contributed by atoms with Crippen LogP contribution in [0.25, 0.3) is 0 Å². The third-order valence-corrected chi connectivity index (χ3v) is 9.30. The Morgan fingerprint density at radius 1 is 0.963 bits per heavy atom. The molecule has 0 heterocycles. The Morgan fingerprint density at radius 2 is 1.63 bits per heavy atom. The van der Waals surface area contributed by atoms with E-state index in [0.29, 0.717) is 23.7 Å². The molecule has 0 bridgehead atoms. The lowest BCUT2D eigenvalue weighted by Crippen LogP contribution is -2.59. The molecule has 4 aliphatic rings. The number of carbonyl (C=O) groups excluding carboxylic acids is 1. The van der Waals surface area contributed by atoms with Gasteiger partial charge in [-0.3, -0.25) is 4.79 Å². The zero-order chi connectivity index (χ0) is 19.6. The average molecular weight is 379 g/mol. The first-order valence-corrected chi connectivity index (χ1v) is 11.2. The quantitative estimate of drug-likeness (QED) is 0.715. The summed E-state index contributed by atoms with van der Waals surface area (Å²) in [5, 5.41) is 21.3. The molecule has 0 saturated heterocycles. The Bertz CT molecular complexity index is 589. The summed E-state index contributed by atoms with van der Waals surface area (Å²) in [6, 6.07) is 0. The molecule has 4 saturated carbocycles. The molecule has 0 unspecified atom stereocenters. The van der Waals surface area contributed by atoms with Crippen LogP contribution in [-0.2, 0) is 9.53 Å². The van der Waals surface area contributed by atoms with Gasteiger partial charge in [-0.2, -0.15) is 0 Å². The molecule has 4 aliphatic carbocycles. The standard InChI is InChI=1S/C23H38O4/c1-13(2)21(26)27-19-6-5-16-20-17(8-10-23(16,19)4)22(3)9-7-15(24)11-14(22)12-18(20)25/h13-20,24-25H,5-12H2,1-4H3/t14-,15+,16+,17+,18-,19+,20+,22+,23+/m1/s1. The third kappa shape index (κ3) is 2.97. The smallest absolute Gasteiger partial charge is 0.308 e. The summed E-state index contributed by atoms with van der Waals surface area (Å²) in [5.74, 6) is 1.58. The predicted octanol–water partition coefficient (Wildman–Crippen LogP) is 3.93. The highest BCUT2D eigenvalue weighted by Crippen LogP contribution is 2.66. The fourth-order valence-corrected chi connectivity index (χ4v) is 7.62. The first-order chi connectivity index (χ1) is 12.7. The van der Waals surface area contributed by atoms with Crippen molar-refractivity contribution < 1.29 is 19.7 Å². The van der Waals surface area contributed by atoms with Crippen molar-refractivity contribution in [2.45, 2.75) is 97.4 Å². The van der Waals surface area contributed by atoms with Crippen LogP contribution in [0.5, 0.6) is 0 Å². The number of aliphatic hydroxyl groups is 2. The average Bonchev–Trinajstić information content (AvgIpc) is 2.93. The van der Waals surface area contributed by atoms with Crippen LogP contribution in [0.2, 0.25) is 0 Å². The molecule has 0 aromatic heterocycles. The van der Waals surface area contributed by atoms with Crippen LogP contribution in [0.15, 0.2) is 0 Å².